The van der Waals surface area contributed by atoms with Crippen LogP contribution in [0.4, 0.5) is 0 Å². The third-order valence-corrected chi connectivity index (χ3v) is 4.73. The average molecular weight is 234 g/mol. The Labute approximate surface area is 95.2 Å². The highest BCUT2D eigenvalue weighted by molar-refractivity contribution is 6.44. The molecule has 0 fully saturated rings. The SMILES string of the molecule is CO[SiH](CC(CN)CCN)OC(C)(C)C. The quantitative estimate of drug-likeness (QED) is 0.633. The lowest BCUT2D eigenvalue weighted by Crippen LogP contribution is -2.35. The molecule has 0 aliphatic rings. The Balaban J connectivity index is 4.06. The van der Waals surface area contributed by atoms with E-state index in [1.54, 1.807) is 7.11 Å². The summed E-state index contributed by atoms with van der Waals surface area (Å²) in [6.07, 6.45) is 0.955. The van der Waals surface area contributed by atoms with Gasteiger partial charge in [-0.15, -0.1) is 0 Å². The van der Waals surface area contributed by atoms with Gasteiger partial charge < -0.3 is 20.3 Å². The van der Waals surface area contributed by atoms with Crippen molar-refractivity contribution < 1.29 is 8.85 Å². The second-order valence-corrected chi connectivity index (χ2v) is 6.85. The summed E-state index contributed by atoms with van der Waals surface area (Å²) < 4.78 is 11.3. The topological polar surface area (TPSA) is 70.5 Å². The Kier molecular flexibility index (Phi) is 7.38. The first-order chi connectivity index (χ1) is 6.92. The molecule has 0 aliphatic carbocycles. The third-order valence-electron chi connectivity index (χ3n) is 2.18. The molecule has 0 amide bonds. The first-order valence-corrected chi connectivity index (χ1v) is 7.29. The Morgan fingerprint density at radius 2 is 1.87 bits per heavy atom. The van der Waals surface area contributed by atoms with Gasteiger partial charge in [0.1, 0.15) is 0 Å². The van der Waals surface area contributed by atoms with Crippen molar-refractivity contribution in [3.8, 4) is 0 Å². The van der Waals surface area contributed by atoms with Crippen molar-refractivity contribution in [1.29, 1.82) is 0 Å². The summed E-state index contributed by atoms with van der Waals surface area (Å²) in [5.74, 6) is 0.439. The number of nitrogens with two attached hydrogens (primary N) is 2. The van der Waals surface area contributed by atoms with Gasteiger partial charge in [0.05, 0.1) is 0 Å². The van der Waals surface area contributed by atoms with Crippen LogP contribution in [0.25, 0.3) is 0 Å². The Hall–Kier alpha value is 0.0569. The summed E-state index contributed by atoms with van der Waals surface area (Å²) in [7, 11) is 0.140. The van der Waals surface area contributed by atoms with Gasteiger partial charge >= 0.3 is 9.28 Å². The first-order valence-electron chi connectivity index (χ1n) is 5.53. The van der Waals surface area contributed by atoms with Crippen LogP contribution < -0.4 is 11.5 Å². The second kappa shape index (κ2) is 7.35. The highest BCUT2D eigenvalue weighted by Gasteiger charge is 2.23. The maximum atomic E-state index is 5.89. The van der Waals surface area contributed by atoms with Crippen LogP contribution in [-0.4, -0.2) is 35.1 Å². The van der Waals surface area contributed by atoms with Gasteiger partial charge in [-0.2, -0.15) is 0 Å². The standard InChI is InChI=1S/C10H26N2O2Si/c1-10(2,3)14-15(13-4)8-9(7-12)5-6-11/h9,15H,5-8,11-12H2,1-4H3. The van der Waals surface area contributed by atoms with Gasteiger partial charge in [0.15, 0.2) is 0 Å². The Morgan fingerprint density at radius 3 is 2.20 bits per heavy atom. The van der Waals surface area contributed by atoms with Crippen molar-refractivity contribution in [2.24, 2.45) is 17.4 Å². The van der Waals surface area contributed by atoms with Crippen molar-refractivity contribution in [3.05, 3.63) is 0 Å². The molecule has 2 atom stereocenters. The van der Waals surface area contributed by atoms with E-state index in [9.17, 15) is 0 Å². The summed E-state index contributed by atoms with van der Waals surface area (Å²) in [4.78, 5) is 0. The summed E-state index contributed by atoms with van der Waals surface area (Å²) in [5.41, 5.74) is 11.1. The van der Waals surface area contributed by atoms with E-state index in [4.69, 9.17) is 20.3 Å². The number of hydrogen-bond acceptors (Lipinski definition) is 4. The molecule has 0 aliphatic heterocycles. The number of hydrogen-bond donors (Lipinski definition) is 2. The second-order valence-electron chi connectivity index (χ2n) is 4.81. The van der Waals surface area contributed by atoms with E-state index in [1.165, 1.54) is 0 Å². The number of rotatable bonds is 7. The van der Waals surface area contributed by atoms with Crippen molar-refractivity contribution in [3.63, 3.8) is 0 Å². The van der Waals surface area contributed by atoms with E-state index >= 15 is 0 Å². The molecule has 4 nitrogen and oxygen atoms in total. The molecule has 0 saturated heterocycles. The van der Waals surface area contributed by atoms with Crippen LogP contribution in [0.5, 0.6) is 0 Å². The molecule has 5 heteroatoms. The van der Waals surface area contributed by atoms with E-state index in [2.05, 4.69) is 0 Å². The van der Waals surface area contributed by atoms with Crippen LogP contribution >= 0.6 is 0 Å². The van der Waals surface area contributed by atoms with Crippen LogP contribution in [-0.2, 0) is 8.85 Å². The molecule has 0 aromatic carbocycles. The van der Waals surface area contributed by atoms with E-state index in [0.29, 0.717) is 19.0 Å². The fourth-order valence-electron chi connectivity index (χ4n) is 1.43. The van der Waals surface area contributed by atoms with E-state index < -0.39 is 9.28 Å². The molecule has 15 heavy (non-hydrogen) atoms. The zero-order valence-electron chi connectivity index (χ0n) is 10.5. The van der Waals surface area contributed by atoms with Crippen LogP contribution in [0.15, 0.2) is 0 Å². The molecule has 2 unspecified atom stereocenters. The molecular formula is C10H26N2O2Si. The van der Waals surface area contributed by atoms with Crippen molar-refractivity contribution in [2.45, 2.75) is 38.8 Å². The molecule has 0 rings (SSSR count). The molecule has 0 aromatic heterocycles. The van der Waals surface area contributed by atoms with Crippen molar-refractivity contribution >= 4 is 9.28 Å². The largest absolute Gasteiger partial charge is 0.400 e. The predicted molar refractivity (Wildman–Crippen MR) is 66.0 cm³/mol. The van der Waals surface area contributed by atoms with Gasteiger partial charge in [0, 0.05) is 12.7 Å². The van der Waals surface area contributed by atoms with Gasteiger partial charge in [-0.05, 0) is 52.2 Å². The lowest BCUT2D eigenvalue weighted by Gasteiger charge is -2.27. The van der Waals surface area contributed by atoms with Gasteiger partial charge in [-0.3, -0.25) is 0 Å². The van der Waals surface area contributed by atoms with E-state index in [0.717, 1.165) is 12.5 Å². The highest BCUT2D eigenvalue weighted by atomic mass is 28.3. The van der Waals surface area contributed by atoms with Crippen LogP contribution in [0, 0.1) is 5.92 Å². The molecule has 0 aromatic rings. The fourth-order valence-corrected chi connectivity index (χ4v) is 3.57. The lowest BCUT2D eigenvalue weighted by molar-refractivity contribution is 0.0893. The summed E-state index contributed by atoms with van der Waals surface area (Å²) in [6, 6.07) is 0.946. The molecule has 0 radical (unpaired) electrons. The minimum Gasteiger partial charge on any atom is -0.400 e. The van der Waals surface area contributed by atoms with Crippen LogP contribution in [0.2, 0.25) is 6.04 Å². The molecule has 0 heterocycles. The molecular weight excluding hydrogens is 208 g/mol. The minimum atomic E-state index is -1.58. The first kappa shape index (κ1) is 15.1. The monoisotopic (exact) mass is 234 g/mol. The molecule has 4 N–H and O–H groups in total. The third kappa shape index (κ3) is 7.93. The lowest BCUT2D eigenvalue weighted by atomic mass is 10.1. The molecule has 0 bridgehead atoms. The zero-order chi connectivity index (χ0) is 11.9. The van der Waals surface area contributed by atoms with Crippen molar-refractivity contribution in [1.82, 2.24) is 0 Å². The van der Waals surface area contributed by atoms with Gasteiger partial charge in [0.25, 0.3) is 0 Å². The van der Waals surface area contributed by atoms with Gasteiger partial charge in [-0.25, -0.2) is 0 Å². The van der Waals surface area contributed by atoms with E-state index in [1.807, 2.05) is 20.8 Å². The Morgan fingerprint density at radius 1 is 1.27 bits per heavy atom. The highest BCUT2D eigenvalue weighted by Crippen LogP contribution is 2.16. The molecule has 0 saturated carbocycles. The van der Waals surface area contributed by atoms with Gasteiger partial charge in [0.2, 0.25) is 0 Å². The van der Waals surface area contributed by atoms with Crippen LogP contribution in [0.1, 0.15) is 27.2 Å². The predicted octanol–water partition coefficient (Wildman–Crippen LogP) is 0.592. The van der Waals surface area contributed by atoms with Crippen molar-refractivity contribution in [2.75, 3.05) is 20.2 Å². The normalized spacial score (nSPS) is 16.4. The summed E-state index contributed by atoms with van der Waals surface area (Å²) in [5, 5.41) is 0. The molecule has 0 spiro atoms. The fraction of sp³-hybridized carbons (Fsp3) is 1.00. The maximum absolute atomic E-state index is 5.89. The zero-order valence-corrected chi connectivity index (χ0v) is 11.6. The summed E-state index contributed by atoms with van der Waals surface area (Å²) in [6.45, 7) is 7.49. The maximum Gasteiger partial charge on any atom is 0.321 e. The van der Waals surface area contributed by atoms with Gasteiger partial charge in [-0.1, -0.05) is 0 Å². The summed E-state index contributed by atoms with van der Waals surface area (Å²) >= 11 is 0. The average Bonchev–Trinajstić information content (AvgIpc) is 2.13. The molecule has 92 valence electrons. The smallest absolute Gasteiger partial charge is 0.321 e. The van der Waals surface area contributed by atoms with E-state index in [-0.39, 0.29) is 5.60 Å². The Bertz CT molecular complexity index is 162. The minimum absolute atomic E-state index is 0.130. The van der Waals surface area contributed by atoms with Crippen LogP contribution in [0.3, 0.4) is 0 Å².